The molecule has 0 aliphatic carbocycles. The van der Waals surface area contributed by atoms with E-state index in [1.165, 1.54) is 0 Å². The number of carbonyl (C=O) groups excluding carboxylic acids is 1. The molecule has 1 amide bonds. The molecule has 4 heterocycles. The molecule has 2 aliphatic rings. The molecule has 2 saturated heterocycles. The SMILES string of the molecule is CC(=O)N1CCC(CN(C)c2ncnc3c2ncn3CC(CO)C2CCOC2)C1. The number of nitrogens with zero attached hydrogens (tertiary/aromatic N) is 6. The molecule has 4 rings (SSSR count). The Labute approximate surface area is 170 Å². The zero-order valence-electron chi connectivity index (χ0n) is 17.2. The van der Waals surface area contributed by atoms with Gasteiger partial charge in [0.1, 0.15) is 6.33 Å². The molecule has 3 unspecified atom stereocenters. The van der Waals surface area contributed by atoms with Crippen LogP contribution in [-0.2, 0) is 16.1 Å². The Kier molecular flexibility index (Phi) is 5.96. The van der Waals surface area contributed by atoms with Crippen LogP contribution in [0.5, 0.6) is 0 Å². The Balaban J connectivity index is 1.49. The summed E-state index contributed by atoms with van der Waals surface area (Å²) in [6, 6.07) is 0. The number of ether oxygens (including phenoxy) is 1. The lowest BCUT2D eigenvalue weighted by molar-refractivity contribution is -0.127. The van der Waals surface area contributed by atoms with E-state index in [1.54, 1.807) is 19.6 Å². The minimum Gasteiger partial charge on any atom is -0.396 e. The lowest BCUT2D eigenvalue weighted by atomic mass is 9.92. The van der Waals surface area contributed by atoms with Crippen LogP contribution >= 0.6 is 0 Å². The van der Waals surface area contributed by atoms with Gasteiger partial charge < -0.3 is 24.2 Å². The average Bonchev–Trinajstić information content (AvgIpc) is 3.46. The van der Waals surface area contributed by atoms with E-state index in [0.717, 1.165) is 56.1 Å². The standard InChI is InChI=1S/C20H30N6O3/c1-14(28)25-5-3-15(8-25)7-24(2)19-18-20(22-12-21-19)26(13-23-18)9-17(10-27)16-4-6-29-11-16/h12-13,15-17,27H,3-11H2,1-2H3. The van der Waals surface area contributed by atoms with Crippen molar-refractivity contribution in [2.45, 2.75) is 26.3 Å². The maximum absolute atomic E-state index is 11.6. The van der Waals surface area contributed by atoms with Crippen molar-refractivity contribution in [2.75, 3.05) is 51.4 Å². The van der Waals surface area contributed by atoms with Gasteiger partial charge in [0.25, 0.3) is 0 Å². The van der Waals surface area contributed by atoms with Crippen molar-refractivity contribution in [1.29, 1.82) is 0 Å². The summed E-state index contributed by atoms with van der Waals surface area (Å²) < 4.78 is 7.50. The Morgan fingerprint density at radius 3 is 2.93 bits per heavy atom. The van der Waals surface area contributed by atoms with Gasteiger partial charge in [0.05, 0.1) is 6.33 Å². The minimum absolute atomic E-state index is 0.125. The molecule has 9 heteroatoms. The summed E-state index contributed by atoms with van der Waals surface area (Å²) >= 11 is 0. The van der Waals surface area contributed by atoms with Crippen molar-refractivity contribution in [3.63, 3.8) is 0 Å². The van der Waals surface area contributed by atoms with Crippen molar-refractivity contribution in [3.8, 4) is 0 Å². The summed E-state index contributed by atoms with van der Waals surface area (Å²) in [6.45, 7) is 6.34. The van der Waals surface area contributed by atoms with Gasteiger partial charge in [-0.3, -0.25) is 4.79 Å². The first-order valence-electron chi connectivity index (χ1n) is 10.4. The predicted octanol–water partition coefficient (Wildman–Crippen LogP) is 0.776. The van der Waals surface area contributed by atoms with Gasteiger partial charge in [-0.2, -0.15) is 0 Å². The van der Waals surface area contributed by atoms with Crippen LogP contribution < -0.4 is 4.90 Å². The first kappa shape index (κ1) is 20.0. The number of imidazole rings is 1. The molecule has 29 heavy (non-hydrogen) atoms. The van der Waals surface area contributed by atoms with Crippen molar-refractivity contribution in [1.82, 2.24) is 24.4 Å². The highest BCUT2D eigenvalue weighted by Crippen LogP contribution is 2.27. The molecular weight excluding hydrogens is 372 g/mol. The van der Waals surface area contributed by atoms with Gasteiger partial charge in [0.15, 0.2) is 17.0 Å². The fourth-order valence-corrected chi connectivity index (χ4v) is 4.56. The molecule has 3 atom stereocenters. The van der Waals surface area contributed by atoms with Gasteiger partial charge in [0, 0.05) is 65.9 Å². The van der Waals surface area contributed by atoms with E-state index in [-0.39, 0.29) is 18.4 Å². The van der Waals surface area contributed by atoms with E-state index in [9.17, 15) is 9.90 Å². The molecule has 0 bridgehead atoms. The van der Waals surface area contributed by atoms with Crippen LogP contribution in [0, 0.1) is 17.8 Å². The van der Waals surface area contributed by atoms with Crippen LogP contribution in [0.2, 0.25) is 0 Å². The smallest absolute Gasteiger partial charge is 0.219 e. The van der Waals surface area contributed by atoms with Crippen LogP contribution in [0.1, 0.15) is 19.8 Å². The zero-order chi connectivity index (χ0) is 20.4. The summed E-state index contributed by atoms with van der Waals surface area (Å²) in [5.41, 5.74) is 1.56. The normalized spacial score (nSPS) is 23.1. The Morgan fingerprint density at radius 2 is 2.24 bits per heavy atom. The van der Waals surface area contributed by atoms with Crippen LogP contribution in [0.25, 0.3) is 11.2 Å². The fourth-order valence-electron chi connectivity index (χ4n) is 4.56. The number of fused-ring (bicyclic) bond motifs is 1. The summed E-state index contributed by atoms with van der Waals surface area (Å²) in [4.78, 5) is 29.1. The number of aromatic nitrogens is 4. The number of likely N-dealkylation sites (tertiary alicyclic amines) is 1. The van der Waals surface area contributed by atoms with Gasteiger partial charge in [-0.1, -0.05) is 0 Å². The van der Waals surface area contributed by atoms with E-state index in [1.807, 2.05) is 16.5 Å². The second-order valence-corrected chi connectivity index (χ2v) is 8.33. The molecule has 2 aromatic rings. The number of anilines is 1. The van der Waals surface area contributed by atoms with E-state index in [0.29, 0.717) is 25.0 Å². The van der Waals surface area contributed by atoms with Crippen molar-refractivity contribution < 1.29 is 14.6 Å². The van der Waals surface area contributed by atoms with Crippen LogP contribution in [-0.4, -0.2) is 81.9 Å². The number of hydrogen-bond donors (Lipinski definition) is 1. The lowest BCUT2D eigenvalue weighted by Crippen LogP contribution is -2.30. The van der Waals surface area contributed by atoms with Crippen LogP contribution in [0.15, 0.2) is 12.7 Å². The molecule has 0 saturated carbocycles. The second-order valence-electron chi connectivity index (χ2n) is 8.33. The van der Waals surface area contributed by atoms with Crippen molar-refractivity contribution in [2.24, 2.45) is 17.8 Å². The highest BCUT2D eigenvalue weighted by molar-refractivity contribution is 5.83. The molecule has 0 aromatic carbocycles. The summed E-state index contributed by atoms with van der Waals surface area (Å²) in [7, 11) is 2.02. The molecule has 2 aliphatic heterocycles. The fraction of sp³-hybridized carbons (Fsp3) is 0.700. The molecule has 0 radical (unpaired) electrons. The topological polar surface area (TPSA) is 96.6 Å². The molecule has 9 nitrogen and oxygen atoms in total. The molecular formula is C20H30N6O3. The number of aliphatic hydroxyl groups excluding tert-OH is 1. The average molecular weight is 402 g/mol. The predicted molar refractivity (Wildman–Crippen MR) is 108 cm³/mol. The first-order valence-corrected chi connectivity index (χ1v) is 10.4. The quantitative estimate of drug-likeness (QED) is 0.731. The number of carbonyl (C=O) groups is 1. The minimum atomic E-state index is 0.125. The second kappa shape index (κ2) is 8.62. The molecule has 2 aromatic heterocycles. The zero-order valence-corrected chi connectivity index (χ0v) is 17.2. The summed E-state index contributed by atoms with van der Waals surface area (Å²) in [5, 5.41) is 9.86. The van der Waals surface area contributed by atoms with E-state index in [4.69, 9.17) is 4.74 Å². The number of hydrogen-bond acceptors (Lipinski definition) is 7. The number of aliphatic hydroxyl groups is 1. The van der Waals surface area contributed by atoms with Crippen molar-refractivity contribution in [3.05, 3.63) is 12.7 Å². The largest absolute Gasteiger partial charge is 0.396 e. The third-order valence-corrected chi connectivity index (χ3v) is 6.30. The molecule has 2 fully saturated rings. The van der Waals surface area contributed by atoms with Gasteiger partial charge in [-0.05, 0) is 24.7 Å². The third kappa shape index (κ3) is 4.20. The summed E-state index contributed by atoms with van der Waals surface area (Å²) in [5.74, 6) is 1.87. The van der Waals surface area contributed by atoms with Gasteiger partial charge >= 0.3 is 0 Å². The van der Waals surface area contributed by atoms with E-state index in [2.05, 4.69) is 19.9 Å². The number of rotatable bonds is 7. The third-order valence-electron chi connectivity index (χ3n) is 6.30. The maximum atomic E-state index is 11.6. The highest BCUT2D eigenvalue weighted by atomic mass is 16.5. The van der Waals surface area contributed by atoms with Crippen molar-refractivity contribution >= 4 is 22.9 Å². The summed E-state index contributed by atoms with van der Waals surface area (Å²) in [6.07, 6.45) is 5.37. The Hall–Kier alpha value is -2.26. The van der Waals surface area contributed by atoms with E-state index < -0.39 is 0 Å². The van der Waals surface area contributed by atoms with E-state index >= 15 is 0 Å². The van der Waals surface area contributed by atoms with Gasteiger partial charge in [-0.25, -0.2) is 15.0 Å². The molecule has 0 spiro atoms. The van der Waals surface area contributed by atoms with Crippen LogP contribution in [0.4, 0.5) is 5.82 Å². The Bertz CT molecular complexity index is 850. The monoisotopic (exact) mass is 402 g/mol. The van der Waals surface area contributed by atoms with Gasteiger partial charge in [0.2, 0.25) is 5.91 Å². The lowest BCUT2D eigenvalue weighted by Gasteiger charge is -2.23. The number of amides is 1. The maximum Gasteiger partial charge on any atom is 0.219 e. The first-order chi connectivity index (χ1) is 14.1. The van der Waals surface area contributed by atoms with Crippen LogP contribution in [0.3, 0.4) is 0 Å². The Morgan fingerprint density at radius 1 is 1.38 bits per heavy atom. The molecule has 158 valence electrons. The highest BCUT2D eigenvalue weighted by Gasteiger charge is 2.28. The van der Waals surface area contributed by atoms with Gasteiger partial charge in [-0.15, -0.1) is 0 Å². The molecule has 1 N–H and O–H groups in total.